The van der Waals surface area contributed by atoms with Gasteiger partial charge in [-0.2, -0.15) is 4.31 Å². The molecule has 2 unspecified atom stereocenters. The second-order valence-corrected chi connectivity index (χ2v) is 18.5. The van der Waals surface area contributed by atoms with Gasteiger partial charge in [0.05, 0.1) is 30.7 Å². The first-order chi connectivity index (χ1) is 17.2. The lowest BCUT2D eigenvalue weighted by Crippen LogP contribution is -2.46. The van der Waals surface area contributed by atoms with Crippen molar-refractivity contribution >= 4 is 18.3 Å². The molecule has 2 aliphatic rings. The van der Waals surface area contributed by atoms with Crippen molar-refractivity contribution < 1.29 is 27.4 Å². The normalized spacial score (nSPS) is 26.8. The van der Waals surface area contributed by atoms with E-state index in [9.17, 15) is 13.5 Å². The molecule has 1 aliphatic heterocycles. The predicted molar refractivity (Wildman–Crippen MR) is 147 cm³/mol. The smallest absolute Gasteiger partial charge is 0.244 e. The quantitative estimate of drug-likeness (QED) is 0.350. The topological polar surface area (TPSA) is 85.1 Å². The zero-order valence-electron chi connectivity index (χ0n) is 23.2. The molecule has 0 amide bonds. The molecule has 1 N–H and O–H groups in total. The van der Waals surface area contributed by atoms with Crippen LogP contribution in [0.3, 0.4) is 0 Å². The zero-order chi connectivity index (χ0) is 27.4. The predicted octanol–water partition coefficient (Wildman–Crippen LogP) is 5.43. The second kappa shape index (κ2) is 9.68. The van der Waals surface area contributed by atoms with Crippen molar-refractivity contribution in [2.45, 2.75) is 93.8 Å². The SMILES string of the molecule is COc1ccc(C(O)[C@@]23CC[C@H](O[Si](C)(C)C(C)(C)C)C[C@@H]2N3S(=O)(=O)c2ccc(C)cc2)cc1OC. The average Bonchev–Trinajstić information content (AvgIpc) is 3.52. The summed E-state index contributed by atoms with van der Waals surface area (Å²) in [5, 5.41) is 11.8. The number of nitrogens with zero attached hydrogens (tertiary/aromatic N) is 1. The Hall–Kier alpha value is -1.91. The number of aryl methyl sites for hydroxylation is 1. The van der Waals surface area contributed by atoms with E-state index in [1.165, 1.54) is 0 Å². The van der Waals surface area contributed by atoms with Gasteiger partial charge in [0.25, 0.3) is 0 Å². The summed E-state index contributed by atoms with van der Waals surface area (Å²) in [5.74, 6) is 1.05. The number of hydrogen-bond donors (Lipinski definition) is 1. The van der Waals surface area contributed by atoms with Crippen molar-refractivity contribution in [3.8, 4) is 11.5 Å². The third-order valence-corrected chi connectivity index (χ3v) is 15.1. The maximum Gasteiger partial charge on any atom is 0.244 e. The minimum Gasteiger partial charge on any atom is -0.493 e. The van der Waals surface area contributed by atoms with Gasteiger partial charge in [0.15, 0.2) is 19.8 Å². The molecule has 2 aromatic rings. The molecule has 7 nitrogen and oxygen atoms in total. The van der Waals surface area contributed by atoms with E-state index >= 15 is 0 Å². The molecule has 0 spiro atoms. The zero-order valence-corrected chi connectivity index (χ0v) is 25.1. The van der Waals surface area contributed by atoms with Gasteiger partial charge in [-0.25, -0.2) is 8.42 Å². The third kappa shape index (κ3) is 4.85. The molecule has 37 heavy (non-hydrogen) atoms. The van der Waals surface area contributed by atoms with Crippen LogP contribution >= 0.6 is 0 Å². The summed E-state index contributed by atoms with van der Waals surface area (Å²) in [6.07, 6.45) is 0.688. The van der Waals surface area contributed by atoms with Crippen LogP contribution in [0, 0.1) is 6.92 Å². The van der Waals surface area contributed by atoms with Crippen LogP contribution in [-0.4, -0.2) is 58.1 Å². The Labute approximate surface area is 222 Å². The van der Waals surface area contributed by atoms with Crippen molar-refractivity contribution in [2.75, 3.05) is 14.2 Å². The lowest BCUT2D eigenvalue weighted by atomic mass is 9.81. The minimum absolute atomic E-state index is 0.0464. The van der Waals surface area contributed by atoms with Crippen LogP contribution in [0.5, 0.6) is 11.5 Å². The van der Waals surface area contributed by atoms with E-state index in [0.29, 0.717) is 36.3 Å². The lowest BCUT2D eigenvalue weighted by molar-refractivity contribution is 0.0751. The number of fused-ring (bicyclic) bond motifs is 1. The molecule has 5 atom stereocenters. The highest BCUT2D eigenvalue weighted by Gasteiger charge is 2.73. The Morgan fingerprint density at radius 1 is 1.05 bits per heavy atom. The van der Waals surface area contributed by atoms with Crippen molar-refractivity contribution in [3.63, 3.8) is 0 Å². The standard InChI is InChI=1S/C28H41NO6SSi/c1-19-9-12-22(13-10-19)36(31,32)29-25-18-21(35-37(7,8)27(2,3)4)15-16-28(25,29)26(30)20-11-14-23(33-5)24(17-20)34-6/h9-14,17,21,25-26,30H,15-16,18H2,1-8H3/t21-,25-,26?,28+,29?/m0/s1. The molecular formula is C28H41NO6SSi. The summed E-state index contributed by atoms with van der Waals surface area (Å²) in [5.41, 5.74) is 0.662. The van der Waals surface area contributed by atoms with Gasteiger partial charge in [-0.3, -0.25) is 0 Å². The minimum atomic E-state index is -3.83. The maximum atomic E-state index is 13.9. The lowest BCUT2D eigenvalue weighted by Gasteiger charge is -2.41. The van der Waals surface area contributed by atoms with Crippen molar-refractivity contribution in [1.29, 1.82) is 0 Å². The van der Waals surface area contributed by atoms with Crippen molar-refractivity contribution in [1.82, 2.24) is 4.31 Å². The molecule has 0 aromatic heterocycles. The van der Waals surface area contributed by atoms with Gasteiger partial charge in [0.1, 0.15) is 6.10 Å². The van der Waals surface area contributed by atoms with Gasteiger partial charge in [0.2, 0.25) is 10.0 Å². The molecule has 1 heterocycles. The Morgan fingerprint density at radius 3 is 2.24 bits per heavy atom. The largest absolute Gasteiger partial charge is 0.493 e. The maximum absolute atomic E-state index is 13.9. The fourth-order valence-corrected chi connectivity index (χ4v) is 8.81. The summed E-state index contributed by atoms with van der Waals surface area (Å²) in [7, 11) is -2.76. The van der Waals surface area contributed by atoms with Crippen LogP contribution in [0.15, 0.2) is 47.4 Å². The number of hydrogen-bond acceptors (Lipinski definition) is 6. The van der Waals surface area contributed by atoms with Crippen LogP contribution in [0.2, 0.25) is 18.1 Å². The van der Waals surface area contributed by atoms with E-state index in [0.717, 1.165) is 5.56 Å². The van der Waals surface area contributed by atoms with Gasteiger partial charge >= 0.3 is 0 Å². The number of rotatable bonds is 8. The molecule has 0 bridgehead atoms. The average molecular weight is 548 g/mol. The molecule has 1 saturated heterocycles. The van der Waals surface area contributed by atoms with Crippen LogP contribution in [0.4, 0.5) is 0 Å². The molecule has 4 rings (SSSR count). The molecule has 204 valence electrons. The van der Waals surface area contributed by atoms with Gasteiger partial charge in [-0.05, 0) is 74.1 Å². The monoisotopic (exact) mass is 547 g/mol. The van der Waals surface area contributed by atoms with E-state index in [-0.39, 0.29) is 22.1 Å². The molecule has 2 fully saturated rings. The highest BCUT2D eigenvalue weighted by molar-refractivity contribution is 7.89. The Bertz CT molecular complexity index is 1240. The summed E-state index contributed by atoms with van der Waals surface area (Å²) in [6.45, 7) is 13.0. The number of ether oxygens (including phenoxy) is 2. The van der Waals surface area contributed by atoms with E-state index in [2.05, 4.69) is 33.9 Å². The van der Waals surface area contributed by atoms with Gasteiger partial charge in [-0.15, -0.1) is 0 Å². The van der Waals surface area contributed by atoms with Gasteiger partial charge < -0.3 is 19.0 Å². The summed E-state index contributed by atoms with van der Waals surface area (Å²) < 4.78 is 46.9. The first-order valence-corrected chi connectivity index (χ1v) is 17.2. The number of aliphatic hydroxyl groups is 1. The first-order valence-electron chi connectivity index (χ1n) is 12.9. The summed E-state index contributed by atoms with van der Waals surface area (Å²) >= 11 is 0. The highest BCUT2D eigenvalue weighted by Crippen LogP contribution is 2.61. The molecule has 0 radical (unpaired) electrons. The Kier molecular flexibility index (Phi) is 7.35. The van der Waals surface area contributed by atoms with Crippen LogP contribution in [0.1, 0.15) is 57.3 Å². The molecular weight excluding hydrogens is 506 g/mol. The van der Waals surface area contributed by atoms with Gasteiger partial charge in [0, 0.05) is 6.10 Å². The molecule has 1 aliphatic carbocycles. The highest BCUT2D eigenvalue weighted by atomic mass is 32.2. The Balaban J connectivity index is 1.71. The van der Waals surface area contributed by atoms with Crippen LogP contribution in [0.25, 0.3) is 0 Å². The summed E-state index contributed by atoms with van der Waals surface area (Å²) in [4.78, 5) is 0.244. The number of methoxy groups -OCH3 is 2. The summed E-state index contributed by atoms with van der Waals surface area (Å²) in [6, 6.07) is 11.8. The van der Waals surface area contributed by atoms with E-state index in [1.807, 2.05) is 6.92 Å². The van der Waals surface area contributed by atoms with Gasteiger partial charge in [-0.1, -0.05) is 44.5 Å². The fourth-order valence-electron chi connectivity index (χ4n) is 5.38. The fraction of sp³-hybridized carbons (Fsp3) is 0.571. The van der Waals surface area contributed by atoms with Crippen molar-refractivity contribution in [2.24, 2.45) is 0 Å². The number of sulfonamides is 1. The van der Waals surface area contributed by atoms with Crippen LogP contribution < -0.4 is 9.47 Å². The second-order valence-electron chi connectivity index (χ2n) is 11.9. The van der Waals surface area contributed by atoms with E-state index in [4.69, 9.17) is 13.9 Å². The number of aliphatic hydroxyl groups excluding tert-OH is 1. The first kappa shape index (κ1) is 28.1. The number of benzene rings is 2. The van der Waals surface area contributed by atoms with E-state index < -0.39 is 30.0 Å². The molecule has 2 aromatic carbocycles. The molecule has 1 saturated carbocycles. The Morgan fingerprint density at radius 2 is 1.68 bits per heavy atom. The van der Waals surface area contributed by atoms with Crippen molar-refractivity contribution in [3.05, 3.63) is 53.6 Å². The van der Waals surface area contributed by atoms with E-state index in [1.54, 1.807) is 61.0 Å². The third-order valence-electron chi connectivity index (χ3n) is 8.60. The van der Waals surface area contributed by atoms with Crippen LogP contribution in [-0.2, 0) is 14.4 Å². The molecule has 9 heteroatoms.